The van der Waals surface area contributed by atoms with Crippen LogP contribution in [0, 0.1) is 6.42 Å². The third kappa shape index (κ3) is 3.97. The molecule has 0 amide bonds. The summed E-state index contributed by atoms with van der Waals surface area (Å²) in [5.41, 5.74) is 10.0. The van der Waals surface area contributed by atoms with Crippen molar-refractivity contribution in [3.63, 3.8) is 0 Å². The van der Waals surface area contributed by atoms with Crippen molar-refractivity contribution >= 4 is 23.1 Å². The molecule has 3 heteroatoms. The number of hydrogen-bond acceptors (Lipinski definition) is 0. The van der Waals surface area contributed by atoms with E-state index < -0.39 is 20.8 Å². The van der Waals surface area contributed by atoms with Crippen LogP contribution >= 0.6 is 17.0 Å². The van der Waals surface area contributed by atoms with E-state index in [1.165, 1.54) is 38.9 Å². The molecule has 2 aliphatic carbocycles. The van der Waals surface area contributed by atoms with E-state index in [1.54, 1.807) is 0 Å². The zero-order valence-corrected chi connectivity index (χ0v) is 18.8. The third-order valence-corrected chi connectivity index (χ3v) is 5.38. The van der Waals surface area contributed by atoms with Crippen LogP contribution in [0.1, 0.15) is 40.2 Å². The molecule has 0 N–H and O–H groups in total. The van der Waals surface area contributed by atoms with Gasteiger partial charge in [0.1, 0.15) is 0 Å². The first kappa shape index (κ1) is 19.1. The number of benzene rings is 3. The van der Waals surface area contributed by atoms with E-state index in [2.05, 4.69) is 85.3 Å². The third-order valence-electron chi connectivity index (χ3n) is 5.38. The molecule has 0 aromatic heterocycles. The average molecular weight is 470 g/mol. The van der Waals surface area contributed by atoms with E-state index in [0.717, 1.165) is 12.8 Å². The van der Waals surface area contributed by atoms with E-state index in [9.17, 15) is 0 Å². The summed E-state index contributed by atoms with van der Waals surface area (Å²) in [7, 11) is 9.87. The van der Waals surface area contributed by atoms with Gasteiger partial charge in [-0.05, 0) is 34.6 Å². The monoisotopic (exact) mass is 467 g/mol. The fourth-order valence-electron chi connectivity index (χ4n) is 4.16. The molecule has 1 unspecified atom stereocenters. The topological polar surface area (TPSA) is 0 Å². The number of hydrogen-bond donors (Lipinski definition) is 0. The molecule has 0 saturated heterocycles. The molecule has 0 heterocycles. The van der Waals surface area contributed by atoms with Gasteiger partial charge in [0.15, 0.2) is 0 Å². The fourth-order valence-corrected chi connectivity index (χ4v) is 4.16. The zero-order chi connectivity index (χ0) is 18.6. The summed E-state index contributed by atoms with van der Waals surface area (Å²) in [6.07, 6.45) is 9.18. The van der Waals surface area contributed by atoms with Crippen LogP contribution in [0.2, 0.25) is 0 Å². The van der Waals surface area contributed by atoms with Gasteiger partial charge in [-0.25, -0.2) is 0 Å². The molecule has 0 fully saturated rings. The van der Waals surface area contributed by atoms with Gasteiger partial charge < -0.3 is 0 Å². The van der Waals surface area contributed by atoms with E-state index in [1.807, 2.05) is 0 Å². The first-order chi connectivity index (χ1) is 13.3. The Balaban J connectivity index is 0.000000565. The standard InChI is InChI=1S/C24H19.2ClH.Zr/c1-3-9-21-17(6-1)12-14-19(21)15-13-18-8-5-11-23-22-10-4-2-7-20(22)16-24(18)23;;;/h1-14,19H,15-16H2;2*1H;/q-1;;;+2/p-2. The Hall–Kier alpha value is -1.27. The van der Waals surface area contributed by atoms with E-state index in [4.69, 9.17) is 17.0 Å². The first-order valence-electron chi connectivity index (χ1n) is 9.08. The van der Waals surface area contributed by atoms with Gasteiger partial charge >= 0.3 is 37.9 Å². The molecule has 27 heavy (non-hydrogen) atoms. The summed E-state index contributed by atoms with van der Waals surface area (Å²) in [6, 6.07) is 24.3. The van der Waals surface area contributed by atoms with Gasteiger partial charge in [-0.3, -0.25) is 0 Å². The van der Waals surface area contributed by atoms with Crippen molar-refractivity contribution in [2.75, 3.05) is 0 Å². The molecule has 1 atom stereocenters. The number of fused-ring (bicyclic) bond motifs is 4. The quantitative estimate of drug-likeness (QED) is 0.275. The van der Waals surface area contributed by atoms with Crippen molar-refractivity contribution in [1.82, 2.24) is 0 Å². The van der Waals surface area contributed by atoms with Gasteiger partial charge in [0.25, 0.3) is 0 Å². The average Bonchev–Trinajstić information content (AvgIpc) is 3.29. The summed E-state index contributed by atoms with van der Waals surface area (Å²) < 4.78 is 0. The Morgan fingerprint density at radius 1 is 0.889 bits per heavy atom. The summed E-state index contributed by atoms with van der Waals surface area (Å²) in [4.78, 5) is 0. The molecule has 2 aliphatic rings. The Labute approximate surface area is 179 Å². The predicted molar refractivity (Wildman–Crippen MR) is 113 cm³/mol. The summed E-state index contributed by atoms with van der Waals surface area (Å²) >= 11 is -0.826. The van der Waals surface area contributed by atoms with Crippen LogP contribution in [0.3, 0.4) is 0 Å². The van der Waals surface area contributed by atoms with Crippen molar-refractivity contribution in [1.29, 1.82) is 0 Å². The Morgan fingerprint density at radius 2 is 1.63 bits per heavy atom. The van der Waals surface area contributed by atoms with Gasteiger partial charge in [0.2, 0.25) is 0 Å². The van der Waals surface area contributed by atoms with Crippen molar-refractivity contribution in [3.05, 3.63) is 107 Å². The second-order valence-electron chi connectivity index (χ2n) is 6.81. The SMILES string of the molecule is C1=CC(C[CH-]c2cccc3c2Cc2ccccc2-3)c2ccccc21.[Cl][Zr][Cl]. The van der Waals surface area contributed by atoms with Crippen LogP contribution in [-0.2, 0) is 27.3 Å². The Bertz CT molecular complexity index is 978. The molecular weight excluding hydrogens is 450 g/mol. The van der Waals surface area contributed by atoms with Crippen LogP contribution in [0.15, 0.2) is 72.8 Å². The first-order valence-corrected chi connectivity index (χ1v) is 15.4. The molecule has 5 rings (SSSR count). The number of rotatable bonds is 3. The molecular formula is C24H19Cl2Zr-. The maximum absolute atomic E-state index is 4.93. The fraction of sp³-hybridized carbons (Fsp3) is 0.125. The van der Waals surface area contributed by atoms with E-state index in [-0.39, 0.29) is 0 Å². The maximum atomic E-state index is 4.93. The molecule has 0 bridgehead atoms. The minimum atomic E-state index is -0.826. The molecule has 0 spiro atoms. The van der Waals surface area contributed by atoms with Crippen LogP contribution in [-0.4, -0.2) is 0 Å². The second kappa shape index (κ2) is 8.82. The molecule has 0 radical (unpaired) electrons. The molecule has 0 saturated carbocycles. The minimum absolute atomic E-state index is 0.515. The normalized spacial score (nSPS) is 15.3. The summed E-state index contributed by atoms with van der Waals surface area (Å²) in [5, 5.41) is 0. The molecule has 3 aromatic carbocycles. The van der Waals surface area contributed by atoms with Crippen LogP contribution in [0.5, 0.6) is 0 Å². The summed E-state index contributed by atoms with van der Waals surface area (Å²) in [6.45, 7) is 0. The number of allylic oxidation sites excluding steroid dienone is 1. The van der Waals surface area contributed by atoms with E-state index >= 15 is 0 Å². The predicted octanol–water partition coefficient (Wildman–Crippen LogP) is 7.39. The van der Waals surface area contributed by atoms with Crippen LogP contribution in [0.25, 0.3) is 17.2 Å². The van der Waals surface area contributed by atoms with Crippen LogP contribution < -0.4 is 0 Å². The zero-order valence-electron chi connectivity index (χ0n) is 14.8. The van der Waals surface area contributed by atoms with Crippen molar-refractivity contribution in [2.45, 2.75) is 18.8 Å². The number of halogens is 2. The van der Waals surface area contributed by atoms with Crippen molar-refractivity contribution < 1.29 is 20.8 Å². The van der Waals surface area contributed by atoms with Gasteiger partial charge in [-0.15, -0.1) is 11.6 Å². The van der Waals surface area contributed by atoms with Crippen LogP contribution in [0.4, 0.5) is 0 Å². The second-order valence-corrected chi connectivity index (χ2v) is 10.5. The van der Waals surface area contributed by atoms with E-state index in [0.29, 0.717) is 5.92 Å². The van der Waals surface area contributed by atoms with Crippen molar-refractivity contribution in [3.8, 4) is 11.1 Å². The molecule has 134 valence electrons. The Morgan fingerprint density at radius 3 is 2.52 bits per heavy atom. The Kier molecular flexibility index (Phi) is 6.23. The summed E-state index contributed by atoms with van der Waals surface area (Å²) in [5.74, 6) is 0.515. The molecule has 3 aromatic rings. The van der Waals surface area contributed by atoms with Gasteiger partial charge in [-0.1, -0.05) is 78.7 Å². The van der Waals surface area contributed by atoms with Gasteiger partial charge in [0, 0.05) is 0 Å². The molecule has 0 aliphatic heterocycles. The van der Waals surface area contributed by atoms with Crippen molar-refractivity contribution in [2.24, 2.45) is 0 Å². The molecule has 0 nitrogen and oxygen atoms in total. The van der Waals surface area contributed by atoms with Gasteiger partial charge in [0.05, 0.1) is 0 Å². The van der Waals surface area contributed by atoms with Gasteiger partial charge in [-0.2, -0.15) is 18.1 Å².